The maximum atomic E-state index is 11.6. The van der Waals surface area contributed by atoms with Crippen LogP contribution in [0.15, 0.2) is 24.3 Å². The number of imidazole rings is 1. The lowest BCUT2D eigenvalue weighted by molar-refractivity contribution is 0.0596. The van der Waals surface area contributed by atoms with Gasteiger partial charge in [0, 0.05) is 6.07 Å². The number of anilines is 1. The third-order valence-electron chi connectivity index (χ3n) is 2.85. The van der Waals surface area contributed by atoms with Crippen LogP contribution in [0.1, 0.15) is 23.2 Å². The third kappa shape index (κ3) is 2.45. The normalized spacial score (nSPS) is 10.3. The third-order valence-corrected chi connectivity index (χ3v) is 2.85. The molecule has 0 aliphatic carbocycles. The van der Waals surface area contributed by atoms with E-state index in [1.54, 1.807) is 11.5 Å². The van der Waals surface area contributed by atoms with Crippen molar-refractivity contribution in [2.24, 2.45) is 0 Å². The number of nitrogen functional groups attached to an aromatic ring is 1. The van der Waals surface area contributed by atoms with E-state index in [-0.39, 0.29) is 11.5 Å². The number of nitrogens with zero attached hydrogens (tertiary/aromatic N) is 2. The molecule has 0 saturated heterocycles. The Hall–Kier alpha value is -2.50. The van der Waals surface area contributed by atoms with Crippen molar-refractivity contribution in [3.8, 4) is 11.4 Å². The Labute approximate surface area is 117 Å². The minimum atomic E-state index is -0.551. The van der Waals surface area contributed by atoms with E-state index in [1.165, 1.54) is 7.11 Å². The van der Waals surface area contributed by atoms with Gasteiger partial charge in [0.15, 0.2) is 5.69 Å². The highest BCUT2D eigenvalue weighted by molar-refractivity contribution is 5.92. The first-order valence-electron chi connectivity index (χ1n) is 6.24. The summed E-state index contributed by atoms with van der Waals surface area (Å²) in [5.74, 6) is 1.04. The number of methoxy groups -OCH3 is 1. The molecule has 0 amide bonds. The van der Waals surface area contributed by atoms with Gasteiger partial charge in [-0.2, -0.15) is 0 Å². The van der Waals surface area contributed by atoms with Gasteiger partial charge in [0.05, 0.1) is 19.4 Å². The molecule has 20 heavy (non-hydrogen) atoms. The Bertz CT molecular complexity index is 635. The summed E-state index contributed by atoms with van der Waals surface area (Å²) in [5, 5.41) is 0. The number of benzene rings is 1. The fourth-order valence-corrected chi connectivity index (χ4v) is 2.00. The van der Waals surface area contributed by atoms with Gasteiger partial charge in [-0.3, -0.25) is 4.57 Å². The Morgan fingerprint density at radius 3 is 2.85 bits per heavy atom. The molecule has 0 unspecified atom stereocenters. The number of aromatic nitrogens is 2. The van der Waals surface area contributed by atoms with E-state index in [0.717, 1.165) is 11.4 Å². The molecule has 0 aliphatic rings. The second kappa shape index (κ2) is 5.64. The maximum absolute atomic E-state index is 11.6. The van der Waals surface area contributed by atoms with Crippen LogP contribution in [0, 0.1) is 6.92 Å². The van der Waals surface area contributed by atoms with Crippen LogP contribution in [-0.4, -0.2) is 29.2 Å². The fraction of sp³-hybridized carbons (Fsp3) is 0.286. The molecule has 1 heterocycles. The average Bonchev–Trinajstić information content (AvgIpc) is 2.74. The van der Waals surface area contributed by atoms with Gasteiger partial charge in [0.25, 0.3) is 0 Å². The van der Waals surface area contributed by atoms with Gasteiger partial charge in [0.2, 0.25) is 0 Å². The molecule has 0 spiro atoms. The van der Waals surface area contributed by atoms with Crippen molar-refractivity contribution in [2.45, 2.75) is 13.8 Å². The predicted molar refractivity (Wildman–Crippen MR) is 75.2 cm³/mol. The Morgan fingerprint density at radius 2 is 2.20 bits per heavy atom. The van der Waals surface area contributed by atoms with E-state index < -0.39 is 5.97 Å². The quantitative estimate of drug-likeness (QED) is 0.863. The van der Waals surface area contributed by atoms with Crippen molar-refractivity contribution in [1.29, 1.82) is 0 Å². The summed E-state index contributed by atoms with van der Waals surface area (Å²) in [5.41, 5.74) is 6.90. The number of aryl methyl sites for hydroxylation is 1. The van der Waals surface area contributed by atoms with Gasteiger partial charge in [-0.1, -0.05) is 6.07 Å². The highest BCUT2D eigenvalue weighted by Crippen LogP contribution is 2.24. The zero-order valence-corrected chi connectivity index (χ0v) is 11.7. The maximum Gasteiger partial charge on any atom is 0.360 e. The van der Waals surface area contributed by atoms with Crippen molar-refractivity contribution < 1.29 is 14.3 Å². The highest BCUT2D eigenvalue weighted by Gasteiger charge is 2.20. The van der Waals surface area contributed by atoms with Crippen molar-refractivity contribution in [1.82, 2.24) is 9.55 Å². The second-order valence-corrected chi connectivity index (χ2v) is 4.15. The lowest BCUT2D eigenvalue weighted by Crippen LogP contribution is -2.08. The molecule has 106 valence electrons. The van der Waals surface area contributed by atoms with Gasteiger partial charge >= 0.3 is 5.97 Å². The van der Waals surface area contributed by atoms with Crippen LogP contribution in [0.25, 0.3) is 5.69 Å². The first kappa shape index (κ1) is 13.9. The number of hydrogen-bond donors (Lipinski definition) is 1. The first-order valence-corrected chi connectivity index (χ1v) is 6.24. The molecule has 2 rings (SSSR count). The summed E-state index contributed by atoms with van der Waals surface area (Å²) >= 11 is 0. The molecule has 2 aromatic rings. The lowest BCUT2D eigenvalue weighted by Gasteiger charge is -2.10. The summed E-state index contributed by atoms with van der Waals surface area (Å²) in [4.78, 5) is 15.8. The summed E-state index contributed by atoms with van der Waals surface area (Å²) < 4.78 is 11.8. The zero-order valence-electron chi connectivity index (χ0n) is 11.7. The van der Waals surface area contributed by atoms with Crippen LogP contribution in [0.5, 0.6) is 5.75 Å². The van der Waals surface area contributed by atoms with Crippen molar-refractivity contribution >= 4 is 11.8 Å². The molecule has 2 N–H and O–H groups in total. The van der Waals surface area contributed by atoms with E-state index in [0.29, 0.717) is 12.4 Å². The minimum Gasteiger partial charge on any atom is -0.494 e. The molecule has 1 aromatic heterocycles. The van der Waals surface area contributed by atoms with Gasteiger partial charge in [-0.05, 0) is 26.0 Å². The first-order chi connectivity index (χ1) is 9.58. The molecule has 0 saturated carbocycles. The van der Waals surface area contributed by atoms with Crippen LogP contribution in [-0.2, 0) is 4.74 Å². The van der Waals surface area contributed by atoms with E-state index in [1.807, 2.05) is 31.2 Å². The van der Waals surface area contributed by atoms with Gasteiger partial charge < -0.3 is 15.2 Å². The van der Waals surface area contributed by atoms with Gasteiger partial charge in [-0.15, -0.1) is 0 Å². The fourth-order valence-electron chi connectivity index (χ4n) is 2.00. The van der Waals surface area contributed by atoms with Gasteiger partial charge in [0.1, 0.15) is 17.4 Å². The average molecular weight is 275 g/mol. The number of carbonyl (C=O) groups is 1. The van der Waals surface area contributed by atoms with E-state index in [9.17, 15) is 4.79 Å². The molecule has 0 radical (unpaired) electrons. The Morgan fingerprint density at radius 1 is 1.45 bits per heavy atom. The van der Waals surface area contributed by atoms with Crippen LogP contribution < -0.4 is 10.5 Å². The summed E-state index contributed by atoms with van der Waals surface area (Å²) in [6.07, 6.45) is 0. The van der Waals surface area contributed by atoms with Crippen LogP contribution in [0.2, 0.25) is 0 Å². The number of nitrogens with two attached hydrogens (primary N) is 1. The molecular formula is C14H17N3O3. The lowest BCUT2D eigenvalue weighted by atomic mass is 10.3. The zero-order chi connectivity index (χ0) is 14.7. The van der Waals surface area contributed by atoms with Crippen molar-refractivity contribution in [2.75, 3.05) is 19.5 Å². The number of carbonyl (C=O) groups excluding carboxylic acids is 1. The van der Waals surface area contributed by atoms with Crippen LogP contribution in [0.3, 0.4) is 0 Å². The molecule has 6 heteroatoms. The SMILES string of the molecule is CCOc1cccc(-n2c(C)nc(C(=O)OC)c2N)c1. The molecule has 0 fully saturated rings. The molecule has 6 nitrogen and oxygen atoms in total. The largest absolute Gasteiger partial charge is 0.494 e. The highest BCUT2D eigenvalue weighted by atomic mass is 16.5. The van der Waals surface area contributed by atoms with Crippen LogP contribution in [0.4, 0.5) is 5.82 Å². The number of rotatable bonds is 4. The van der Waals surface area contributed by atoms with E-state index >= 15 is 0 Å². The standard InChI is InChI=1S/C14H17N3O3/c1-4-20-11-7-5-6-10(8-11)17-9(2)16-12(13(17)15)14(18)19-3/h5-8H,4,15H2,1-3H3. The molecule has 0 atom stereocenters. The van der Waals surface area contributed by atoms with E-state index in [2.05, 4.69) is 9.72 Å². The molecule has 0 bridgehead atoms. The molecular weight excluding hydrogens is 258 g/mol. The minimum absolute atomic E-state index is 0.117. The van der Waals surface area contributed by atoms with Crippen molar-refractivity contribution in [3.63, 3.8) is 0 Å². The summed E-state index contributed by atoms with van der Waals surface area (Å²) in [6, 6.07) is 7.43. The monoisotopic (exact) mass is 275 g/mol. The topological polar surface area (TPSA) is 79.4 Å². The van der Waals surface area contributed by atoms with Crippen molar-refractivity contribution in [3.05, 3.63) is 35.8 Å². The number of hydrogen-bond acceptors (Lipinski definition) is 5. The van der Waals surface area contributed by atoms with E-state index in [4.69, 9.17) is 10.5 Å². The van der Waals surface area contributed by atoms with Gasteiger partial charge in [-0.25, -0.2) is 9.78 Å². The predicted octanol–water partition coefficient (Wildman–Crippen LogP) is 1.95. The summed E-state index contributed by atoms with van der Waals surface area (Å²) in [7, 11) is 1.30. The summed E-state index contributed by atoms with van der Waals surface area (Å²) in [6.45, 7) is 4.27. The smallest absolute Gasteiger partial charge is 0.360 e. The number of ether oxygens (including phenoxy) is 2. The molecule has 0 aliphatic heterocycles. The molecule has 1 aromatic carbocycles. The number of esters is 1. The van der Waals surface area contributed by atoms with Crippen LogP contribution >= 0.6 is 0 Å². The Kier molecular flexibility index (Phi) is 3.93. The Balaban J connectivity index is 2.50. The second-order valence-electron chi connectivity index (χ2n) is 4.15.